The van der Waals surface area contributed by atoms with E-state index in [1.807, 2.05) is 12.1 Å². The summed E-state index contributed by atoms with van der Waals surface area (Å²) in [6.07, 6.45) is 1.17. The zero-order valence-electron chi connectivity index (χ0n) is 11.0. The van der Waals surface area contributed by atoms with Gasteiger partial charge in [0.25, 0.3) is 0 Å². The van der Waals surface area contributed by atoms with Gasteiger partial charge in [0.15, 0.2) is 0 Å². The Balaban J connectivity index is 1.61. The highest BCUT2D eigenvalue weighted by Gasteiger charge is 2.37. The van der Waals surface area contributed by atoms with Gasteiger partial charge in [-0.25, -0.2) is 4.39 Å². The molecule has 3 heteroatoms. The third-order valence-electron chi connectivity index (χ3n) is 3.81. The molecule has 0 spiro atoms. The van der Waals surface area contributed by atoms with E-state index in [9.17, 15) is 4.39 Å². The fourth-order valence-electron chi connectivity index (χ4n) is 2.59. The minimum Gasteiger partial charge on any atom is -0.384 e. The molecule has 1 fully saturated rings. The van der Waals surface area contributed by atoms with Crippen LogP contribution in [0.1, 0.15) is 23.5 Å². The van der Waals surface area contributed by atoms with Crippen molar-refractivity contribution in [3.8, 4) is 6.07 Å². The van der Waals surface area contributed by atoms with Crippen LogP contribution in [-0.2, 0) is 0 Å². The van der Waals surface area contributed by atoms with Crippen LogP contribution in [0.15, 0.2) is 48.5 Å². The van der Waals surface area contributed by atoms with Crippen LogP contribution in [0.3, 0.4) is 0 Å². The molecule has 2 aromatic rings. The molecule has 0 heterocycles. The van der Waals surface area contributed by atoms with Crippen molar-refractivity contribution < 1.29 is 4.39 Å². The lowest BCUT2D eigenvalue weighted by Crippen LogP contribution is -2.06. The predicted octanol–water partition coefficient (Wildman–Crippen LogP) is 3.91. The summed E-state index contributed by atoms with van der Waals surface area (Å²) < 4.78 is 13.0. The maximum atomic E-state index is 13.0. The summed E-state index contributed by atoms with van der Waals surface area (Å²) >= 11 is 0. The molecule has 1 aliphatic carbocycles. The van der Waals surface area contributed by atoms with Crippen LogP contribution in [0, 0.1) is 23.1 Å². The lowest BCUT2D eigenvalue weighted by atomic mass is 10.1. The van der Waals surface area contributed by atoms with E-state index in [0.717, 1.165) is 6.54 Å². The van der Waals surface area contributed by atoms with E-state index in [1.165, 1.54) is 24.1 Å². The minimum atomic E-state index is -0.374. The van der Waals surface area contributed by atoms with Crippen molar-refractivity contribution in [1.82, 2.24) is 0 Å². The van der Waals surface area contributed by atoms with Gasteiger partial charge in [-0.15, -0.1) is 0 Å². The number of nitrogens with one attached hydrogen (secondary N) is 1. The molecule has 2 aromatic carbocycles. The molecule has 100 valence electrons. The first-order valence-electron chi connectivity index (χ1n) is 6.76. The summed E-state index contributed by atoms with van der Waals surface area (Å²) in [5.41, 5.74) is 2.45. The summed E-state index contributed by atoms with van der Waals surface area (Å²) in [4.78, 5) is 0. The number of anilines is 1. The minimum absolute atomic E-state index is 0.363. The van der Waals surface area contributed by atoms with Gasteiger partial charge < -0.3 is 5.32 Å². The first-order valence-corrected chi connectivity index (χ1v) is 6.76. The SMILES string of the molecule is N#Cc1cc(F)ccc1NCC1CC1c1ccccc1. The molecule has 2 atom stereocenters. The largest absolute Gasteiger partial charge is 0.384 e. The van der Waals surface area contributed by atoms with Gasteiger partial charge in [0.2, 0.25) is 0 Å². The molecule has 1 N–H and O–H groups in total. The van der Waals surface area contributed by atoms with E-state index < -0.39 is 0 Å². The summed E-state index contributed by atoms with van der Waals surface area (Å²) in [5, 5.41) is 12.3. The Labute approximate surface area is 117 Å². The predicted molar refractivity (Wildman–Crippen MR) is 76.9 cm³/mol. The number of nitriles is 1. The lowest BCUT2D eigenvalue weighted by Gasteiger charge is -2.08. The normalized spacial score (nSPS) is 20.2. The third kappa shape index (κ3) is 2.65. The molecule has 0 aromatic heterocycles. The summed E-state index contributed by atoms with van der Waals surface area (Å²) in [6, 6.07) is 16.8. The number of hydrogen-bond donors (Lipinski definition) is 1. The second-order valence-electron chi connectivity index (χ2n) is 5.20. The molecule has 1 saturated carbocycles. The average Bonchev–Trinajstić information content (AvgIpc) is 3.26. The topological polar surface area (TPSA) is 35.8 Å². The molecule has 2 nitrogen and oxygen atoms in total. The van der Waals surface area contributed by atoms with E-state index in [-0.39, 0.29) is 5.82 Å². The van der Waals surface area contributed by atoms with E-state index in [1.54, 1.807) is 6.07 Å². The fraction of sp³-hybridized carbons (Fsp3) is 0.235. The van der Waals surface area contributed by atoms with Gasteiger partial charge in [-0.05, 0) is 42.0 Å². The van der Waals surface area contributed by atoms with Crippen molar-refractivity contribution in [3.63, 3.8) is 0 Å². The number of nitrogens with zero attached hydrogens (tertiary/aromatic N) is 1. The summed E-state index contributed by atoms with van der Waals surface area (Å²) in [7, 11) is 0. The zero-order valence-corrected chi connectivity index (χ0v) is 11.0. The van der Waals surface area contributed by atoms with Gasteiger partial charge in [0.05, 0.1) is 11.3 Å². The Bertz CT molecular complexity index is 646. The molecule has 2 unspecified atom stereocenters. The summed E-state index contributed by atoms with van der Waals surface area (Å²) in [5.74, 6) is 0.823. The Morgan fingerprint density at radius 1 is 1.20 bits per heavy atom. The Morgan fingerprint density at radius 3 is 2.75 bits per heavy atom. The molecule has 20 heavy (non-hydrogen) atoms. The van der Waals surface area contributed by atoms with Crippen LogP contribution in [0.25, 0.3) is 0 Å². The lowest BCUT2D eigenvalue weighted by molar-refractivity contribution is 0.627. The molecule has 0 saturated heterocycles. The molecule has 0 bridgehead atoms. The quantitative estimate of drug-likeness (QED) is 0.910. The maximum absolute atomic E-state index is 13.0. The van der Waals surface area contributed by atoms with E-state index in [4.69, 9.17) is 5.26 Å². The highest BCUT2D eigenvalue weighted by molar-refractivity contribution is 5.57. The van der Waals surface area contributed by atoms with Gasteiger partial charge in [-0.3, -0.25) is 0 Å². The maximum Gasteiger partial charge on any atom is 0.124 e. The Kier molecular flexibility index (Phi) is 3.39. The molecule has 0 amide bonds. The van der Waals surface area contributed by atoms with Crippen molar-refractivity contribution in [1.29, 1.82) is 5.26 Å². The van der Waals surface area contributed by atoms with Gasteiger partial charge in [-0.2, -0.15) is 5.26 Å². The van der Waals surface area contributed by atoms with Crippen molar-refractivity contribution in [2.45, 2.75) is 12.3 Å². The second-order valence-corrected chi connectivity index (χ2v) is 5.20. The van der Waals surface area contributed by atoms with Gasteiger partial charge in [0.1, 0.15) is 11.9 Å². The van der Waals surface area contributed by atoms with Crippen molar-refractivity contribution in [2.75, 3.05) is 11.9 Å². The molecule has 3 rings (SSSR count). The second kappa shape index (κ2) is 5.34. The van der Waals surface area contributed by atoms with Crippen molar-refractivity contribution in [3.05, 3.63) is 65.5 Å². The average molecular weight is 266 g/mol. The van der Waals surface area contributed by atoms with Crippen molar-refractivity contribution in [2.24, 2.45) is 5.92 Å². The van der Waals surface area contributed by atoms with Crippen LogP contribution in [0.5, 0.6) is 0 Å². The standard InChI is InChI=1S/C17H15FN2/c18-15-6-7-17(13(8-15)10-19)20-11-14-9-16(14)12-4-2-1-3-5-12/h1-8,14,16,20H,9,11H2. The first-order chi connectivity index (χ1) is 9.78. The highest BCUT2D eigenvalue weighted by Crippen LogP contribution is 2.47. The molecule has 1 aliphatic rings. The molecular formula is C17H15FN2. The monoisotopic (exact) mass is 266 g/mol. The number of hydrogen-bond acceptors (Lipinski definition) is 2. The number of halogens is 1. The van der Waals surface area contributed by atoms with Crippen LogP contribution in [-0.4, -0.2) is 6.54 Å². The number of rotatable bonds is 4. The van der Waals surface area contributed by atoms with E-state index in [2.05, 4.69) is 29.6 Å². The Morgan fingerprint density at radius 2 is 2.00 bits per heavy atom. The van der Waals surface area contributed by atoms with Crippen LogP contribution < -0.4 is 5.32 Å². The highest BCUT2D eigenvalue weighted by atomic mass is 19.1. The van der Waals surface area contributed by atoms with Crippen LogP contribution in [0.2, 0.25) is 0 Å². The zero-order chi connectivity index (χ0) is 13.9. The van der Waals surface area contributed by atoms with Gasteiger partial charge in [0, 0.05) is 6.54 Å². The molecular weight excluding hydrogens is 251 g/mol. The molecule has 0 aliphatic heterocycles. The van der Waals surface area contributed by atoms with E-state index in [0.29, 0.717) is 23.1 Å². The van der Waals surface area contributed by atoms with E-state index >= 15 is 0 Å². The fourth-order valence-corrected chi connectivity index (χ4v) is 2.59. The Hall–Kier alpha value is -2.34. The van der Waals surface area contributed by atoms with Crippen LogP contribution in [0.4, 0.5) is 10.1 Å². The third-order valence-corrected chi connectivity index (χ3v) is 3.81. The van der Waals surface area contributed by atoms with Crippen molar-refractivity contribution >= 4 is 5.69 Å². The number of benzene rings is 2. The smallest absolute Gasteiger partial charge is 0.124 e. The first kappa shape index (κ1) is 12.7. The van der Waals surface area contributed by atoms with Crippen LogP contribution >= 0.6 is 0 Å². The van der Waals surface area contributed by atoms with Gasteiger partial charge >= 0.3 is 0 Å². The van der Waals surface area contributed by atoms with Gasteiger partial charge in [-0.1, -0.05) is 30.3 Å². The molecule has 0 radical (unpaired) electrons. The summed E-state index contributed by atoms with van der Waals surface area (Å²) in [6.45, 7) is 0.819.